The summed E-state index contributed by atoms with van der Waals surface area (Å²) in [6, 6.07) is 8.58. The van der Waals surface area contributed by atoms with Crippen molar-refractivity contribution in [2.24, 2.45) is 5.73 Å². The number of H-pyrrole nitrogens is 1. The minimum atomic E-state index is -4.14. The maximum Gasteiger partial charge on any atom is 0.257 e. The first-order valence-electron chi connectivity index (χ1n) is 9.53. The second kappa shape index (κ2) is 8.99. The molecule has 0 aliphatic carbocycles. The molecule has 2 aromatic carbocycles. The van der Waals surface area contributed by atoms with Gasteiger partial charge in [0.15, 0.2) is 0 Å². The van der Waals surface area contributed by atoms with E-state index in [9.17, 15) is 22.4 Å². The Labute approximate surface area is 189 Å². The van der Waals surface area contributed by atoms with E-state index in [1.165, 1.54) is 0 Å². The summed E-state index contributed by atoms with van der Waals surface area (Å²) in [6.45, 7) is 3.28. The lowest BCUT2D eigenvalue weighted by molar-refractivity contribution is 0.0949. The Bertz CT molecular complexity index is 1330. The zero-order valence-corrected chi connectivity index (χ0v) is 18.9. The Morgan fingerprint density at radius 1 is 1.22 bits per heavy atom. The van der Waals surface area contributed by atoms with Gasteiger partial charge >= 0.3 is 0 Å². The number of halogens is 2. The Morgan fingerprint density at radius 3 is 2.50 bits per heavy atom. The van der Waals surface area contributed by atoms with Crippen molar-refractivity contribution in [3.05, 3.63) is 74.8 Å². The Morgan fingerprint density at radius 2 is 1.88 bits per heavy atom. The summed E-state index contributed by atoms with van der Waals surface area (Å²) >= 11 is 5.83. The number of rotatable bonds is 7. The lowest BCUT2D eigenvalue weighted by Crippen LogP contribution is -2.45. The summed E-state index contributed by atoms with van der Waals surface area (Å²) in [5.74, 6) is -1.64. The van der Waals surface area contributed by atoms with Crippen molar-refractivity contribution < 1.29 is 17.6 Å². The lowest BCUT2D eigenvalue weighted by Gasteiger charge is -2.19. The molecule has 0 radical (unpaired) electrons. The van der Waals surface area contributed by atoms with E-state index < -0.39 is 37.6 Å². The van der Waals surface area contributed by atoms with Crippen molar-refractivity contribution in [2.75, 3.05) is 6.54 Å². The number of sulfonamides is 1. The van der Waals surface area contributed by atoms with Gasteiger partial charge in [-0.2, -0.15) is 0 Å². The Balaban J connectivity index is 1.93. The first-order valence-corrected chi connectivity index (χ1v) is 11.4. The summed E-state index contributed by atoms with van der Waals surface area (Å²) in [6.07, 6.45) is 1.09. The van der Waals surface area contributed by atoms with E-state index in [2.05, 4.69) is 15.0 Å². The van der Waals surface area contributed by atoms with Crippen LogP contribution in [0.15, 0.2) is 52.3 Å². The SMILES string of the molecule is CC(C)(N)CNS(=O)(=O)c1cc(F)c2[nH]cc(C(=O)NCc3ccc(Cl)cc3)c(=O)c2c1. The van der Waals surface area contributed by atoms with Crippen LogP contribution in [0.25, 0.3) is 10.9 Å². The van der Waals surface area contributed by atoms with Gasteiger partial charge in [-0.3, -0.25) is 9.59 Å². The van der Waals surface area contributed by atoms with E-state index in [-0.39, 0.29) is 29.6 Å². The Kier molecular flexibility index (Phi) is 6.70. The topological polar surface area (TPSA) is 134 Å². The van der Waals surface area contributed by atoms with Crippen molar-refractivity contribution >= 4 is 38.4 Å². The van der Waals surface area contributed by atoms with Gasteiger partial charge in [0.2, 0.25) is 15.5 Å². The van der Waals surface area contributed by atoms with Gasteiger partial charge in [-0.1, -0.05) is 23.7 Å². The highest BCUT2D eigenvalue weighted by Crippen LogP contribution is 2.20. The number of carbonyl (C=O) groups is 1. The molecule has 1 amide bonds. The molecule has 0 spiro atoms. The summed E-state index contributed by atoms with van der Waals surface area (Å²) in [4.78, 5) is 27.5. The average molecular weight is 481 g/mol. The summed E-state index contributed by atoms with van der Waals surface area (Å²) in [5, 5.41) is 2.87. The van der Waals surface area contributed by atoms with Crippen molar-refractivity contribution in [1.29, 1.82) is 0 Å². The summed E-state index contributed by atoms with van der Waals surface area (Å²) in [7, 11) is -4.14. The molecular formula is C21H22ClFN4O4S. The molecule has 3 rings (SSSR count). The van der Waals surface area contributed by atoms with Crippen LogP contribution >= 0.6 is 11.6 Å². The van der Waals surface area contributed by atoms with Crippen LogP contribution in [-0.4, -0.2) is 31.4 Å². The zero-order chi connectivity index (χ0) is 23.7. The van der Waals surface area contributed by atoms with E-state index in [0.717, 1.165) is 23.9 Å². The van der Waals surface area contributed by atoms with Crippen LogP contribution < -0.4 is 21.2 Å². The molecule has 0 fully saturated rings. The molecule has 0 aliphatic rings. The molecule has 32 heavy (non-hydrogen) atoms. The smallest absolute Gasteiger partial charge is 0.257 e. The quantitative estimate of drug-likeness (QED) is 0.411. The number of nitrogens with one attached hydrogen (secondary N) is 3. The van der Waals surface area contributed by atoms with Crippen LogP contribution in [0.5, 0.6) is 0 Å². The fourth-order valence-corrected chi connectivity index (χ4v) is 4.22. The number of fused-ring (bicyclic) bond motifs is 1. The molecule has 8 nitrogen and oxygen atoms in total. The second-order valence-corrected chi connectivity index (χ2v) is 10.2. The maximum absolute atomic E-state index is 14.6. The zero-order valence-electron chi connectivity index (χ0n) is 17.3. The van der Waals surface area contributed by atoms with Gasteiger partial charge < -0.3 is 16.0 Å². The minimum absolute atomic E-state index is 0.0987. The van der Waals surface area contributed by atoms with E-state index in [0.29, 0.717) is 5.02 Å². The van der Waals surface area contributed by atoms with Gasteiger partial charge in [0, 0.05) is 29.8 Å². The third-order valence-electron chi connectivity index (χ3n) is 4.55. The highest BCUT2D eigenvalue weighted by atomic mass is 35.5. The van der Waals surface area contributed by atoms with Gasteiger partial charge in [-0.25, -0.2) is 17.5 Å². The number of pyridine rings is 1. The highest BCUT2D eigenvalue weighted by molar-refractivity contribution is 7.89. The highest BCUT2D eigenvalue weighted by Gasteiger charge is 2.22. The molecule has 0 atom stereocenters. The lowest BCUT2D eigenvalue weighted by atomic mass is 10.1. The number of carbonyl (C=O) groups excluding carboxylic acids is 1. The number of nitrogens with two attached hydrogens (primary N) is 1. The normalized spacial score (nSPS) is 12.2. The van der Waals surface area contributed by atoms with Gasteiger partial charge in [0.25, 0.3) is 5.91 Å². The van der Waals surface area contributed by atoms with Crippen molar-refractivity contribution in [3.8, 4) is 0 Å². The molecule has 1 heterocycles. The predicted octanol–water partition coefficient (Wildman–Crippen LogP) is 2.27. The van der Waals surface area contributed by atoms with Crippen LogP contribution in [0.4, 0.5) is 4.39 Å². The third kappa shape index (κ3) is 5.52. The molecule has 3 aromatic rings. The minimum Gasteiger partial charge on any atom is -0.358 e. The number of amides is 1. The second-order valence-electron chi connectivity index (χ2n) is 7.98. The molecule has 5 N–H and O–H groups in total. The standard InChI is InChI=1S/C21H22ClFN4O4S/c1-21(2,24)11-27-32(30,31)14-7-15-18(17(23)8-14)25-10-16(19(15)28)20(29)26-9-12-3-5-13(22)6-4-12/h3-8,10,27H,9,11,24H2,1-2H3,(H,25,28)(H,26,29). The molecule has 170 valence electrons. The molecule has 0 saturated carbocycles. The Hall–Kier alpha value is -2.79. The van der Waals surface area contributed by atoms with Crippen molar-refractivity contribution in [2.45, 2.75) is 30.8 Å². The molecule has 0 saturated heterocycles. The van der Waals surface area contributed by atoms with Crippen LogP contribution in [0, 0.1) is 5.82 Å². The summed E-state index contributed by atoms with van der Waals surface area (Å²) < 4.78 is 42.0. The average Bonchev–Trinajstić information content (AvgIpc) is 2.72. The van der Waals surface area contributed by atoms with Gasteiger partial charge in [-0.05, 0) is 43.7 Å². The first-order chi connectivity index (χ1) is 14.9. The van der Waals surface area contributed by atoms with Crippen LogP contribution in [0.2, 0.25) is 5.02 Å². The summed E-state index contributed by atoms with van der Waals surface area (Å²) in [5.41, 5.74) is 4.42. The molecule has 0 aliphatic heterocycles. The molecular weight excluding hydrogens is 459 g/mol. The van der Waals surface area contributed by atoms with Gasteiger partial charge in [0.1, 0.15) is 11.4 Å². The molecule has 1 aromatic heterocycles. The first kappa shape index (κ1) is 23.9. The fourth-order valence-electron chi connectivity index (χ4n) is 2.83. The van der Waals surface area contributed by atoms with Gasteiger partial charge in [0.05, 0.1) is 15.8 Å². The number of hydrogen-bond acceptors (Lipinski definition) is 5. The van der Waals surface area contributed by atoms with E-state index in [4.69, 9.17) is 17.3 Å². The molecule has 0 unspecified atom stereocenters. The monoisotopic (exact) mass is 480 g/mol. The number of aromatic nitrogens is 1. The number of benzene rings is 2. The van der Waals surface area contributed by atoms with E-state index in [1.807, 2.05) is 0 Å². The van der Waals surface area contributed by atoms with Gasteiger partial charge in [-0.15, -0.1) is 0 Å². The maximum atomic E-state index is 14.6. The third-order valence-corrected chi connectivity index (χ3v) is 6.19. The number of aromatic amines is 1. The molecule has 11 heteroatoms. The van der Waals surface area contributed by atoms with Crippen LogP contribution in [0.3, 0.4) is 0 Å². The predicted molar refractivity (Wildman–Crippen MR) is 121 cm³/mol. The van der Waals surface area contributed by atoms with Crippen molar-refractivity contribution in [1.82, 2.24) is 15.0 Å². The fraction of sp³-hybridized carbons (Fsp3) is 0.238. The molecule has 0 bridgehead atoms. The largest absolute Gasteiger partial charge is 0.358 e. The van der Waals surface area contributed by atoms with E-state index in [1.54, 1.807) is 38.1 Å². The number of hydrogen-bond donors (Lipinski definition) is 4. The van der Waals surface area contributed by atoms with Crippen LogP contribution in [0.1, 0.15) is 29.8 Å². The van der Waals surface area contributed by atoms with E-state index >= 15 is 0 Å². The van der Waals surface area contributed by atoms with Crippen molar-refractivity contribution in [3.63, 3.8) is 0 Å². The van der Waals surface area contributed by atoms with Crippen LogP contribution in [-0.2, 0) is 16.6 Å².